The van der Waals surface area contributed by atoms with Crippen LogP contribution in [0.3, 0.4) is 0 Å². The maximum atomic E-state index is 14.6. The standard InChI is InChI=1S/2C39H76O3Si3.C32H51O3PSi2.C19H36O2Si/c2*1-36(2,3)44(12,13)40-34-26-33(27-35(28-34)41-45(14,15)37(4,5)6)21-20-31-19-17-24-39(29-31)25-22-32(30-39)18-16-23-38(7,8)42-43(9,10)11;1-31(2,3)37(7,8)34-27-23-26(24-28(25-27)35-38(9,10)32(4,5)6)21-22-36(33,29-17-13-11-14-18-29)30-19-15-12-16-20-30;1-18(2,21-22(3,4)5)11-6-8-16-10-13-19(14-16)12-7-9-17(20)15-19/h2*20-21,32,34-35H,16-19,22-30H2,1-15H3;11-21,27-28H,22-25H2,1-10H3;16H,6-15H2,1-5H3/b31-20+;31-20-;;/t2*32-,34-,35-,39-;27-,28-;16-,19+/m1111/s1. The number of hydrogen-bond donors (Lipinski definition) is 0. The fourth-order valence-electron chi connectivity index (χ4n) is 25.6. The van der Waals surface area contributed by atoms with E-state index in [9.17, 15) is 9.36 Å². The highest BCUT2D eigenvalue weighted by Gasteiger charge is 2.52. The van der Waals surface area contributed by atoms with Crippen LogP contribution in [0.25, 0.3) is 0 Å². The summed E-state index contributed by atoms with van der Waals surface area (Å²) < 4.78 is 76.2. The molecule has 9 aliphatic rings. The van der Waals surface area contributed by atoms with Gasteiger partial charge >= 0.3 is 0 Å². The van der Waals surface area contributed by atoms with Crippen LogP contribution in [-0.2, 0) is 49.2 Å². The molecular formula is C129H239O11PSi9. The van der Waals surface area contributed by atoms with Gasteiger partial charge in [-0.3, -0.25) is 4.79 Å². The second-order valence-corrected chi connectivity index (χ2v) is 109. The second-order valence-electron chi connectivity index (χ2n) is 64.2. The van der Waals surface area contributed by atoms with E-state index >= 15 is 0 Å². The molecule has 0 aromatic heterocycles. The van der Waals surface area contributed by atoms with Crippen molar-refractivity contribution in [3.05, 3.63) is 119 Å². The second kappa shape index (κ2) is 52.6. The van der Waals surface area contributed by atoms with Crippen molar-refractivity contribution < 1.29 is 49.2 Å². The van der Waals surface area contributed by atoms with Crippen LogP contribution in [0.15, 0.2) is 119 Å². The normalized spacial score (nSPS) is 26.7. The monoisotopic (exact) mass is 2250 g/mol. The number of ketones is 1. The molecule has 11 rings (SSSR count). The largest absolute Gasteiger partial charge is 0.414 e. The quantitative estimate of drug-likeness (QED) is 0.0369. The summed E-state index contributed by atoms with van der Waals surface area (Å²) in [5.41, 5.74) is 9.44. The Morgan fingerprint density at radius 3 is 0.780 bits per heavy atom. The lowest BCUT2D eigenvalue weighted by atomic mass is 9.70. The van der Waals surface area contributed by atoms with Crippen molar-refractivity contribution in [2.75, 3.05) is 6.16 Å². The van der Waals surface area contributed by atoms with Crippen molar-refractivity contribution in [1.29, 1.82) is 0 Å². The van der Waals surface area contributed by atoms with Crippen molar-refractivity contribution in [2.45, 2.75) is 638 Å². The van der Waals surface area contributed by atoms with Crippen LogP contribution in [0.4, 0.5) is 0 Å². The summed E-state index contributed by atoms with van der Waals surface area (Å²) in [7, 11) is -18.5. The third-order valence-corrected chi connectivity index (χ3v) is 72.6. The molecule has 0 heterocycles. The molecule has 0 amide bonds. The highest BCUT2D eigenvalue weighted by Crippen LogP contribution is 2.59. The van der Waals surface area contributed by atoms with Gasteiger partial charge in [0.05, 0.1) is 53.4 Å². The molecule has 0 bridgehead atoms. The van der Waals surface area contributed by atoms with E-state index in [-0.39, 0.29) is 83.7 Å². The molecular weight excluding hydrogens is 2010 g/mol. The molecule has 2 aromatic carbocycles. The summed E-state index contributed by atoms with van der Waals surface area (Å²) in [5, 5.41) is 3.03. The van der Waals surface area contributed by atoms with Crippen molar-refractivity contribution in [2.24, 2.45) is 34.0 Å². The first-order valence-electron chi connectivity index (χ1n) is 61.0. The van der Waals surface area contributed by atoms with Crippen LogP contribution in [-0.4, -0.2) is 140 Å². The third kappa shape index (κ3) is 42.5. The lowest BCUT2D eigenvalue weighted by Gasteiger charge is -2.45. The third-order valence-electron chi connectivity index (χ3n) is 38.9. The lowest BCUT2D eigenvalue weighted by Crippen LogP contribution is -2.48. The minimum Gasteiger partial charge on any atom is -0.414 e. The fraction of sp³-hybridized carbons (Fsp3) is 0.822. The molecule has 2 aromatic rings. The first-order valence-corrected chi connectivity index (χ1v) is 90.5. The van der Waals surface area contributed by atoms with E-state index in [4.69, 9.17) is 39.8 Å². The van der Waals surface area contributed by atoms with Crippen LogP contribution in [0.2, 0.25) is 168 Å². The molecule has 0 aliphatic heterocycles. The van der Waals surface area contributed by atoms with Crippen LogP contribution in [0.5, 0.6) is 0 Å². The van der Waals surface area contributed by atoms with E-state index in [2.05, 4.69) is 334 Å². The predicted octanol–water partition coefficient (Wildman–Crippen LogP) is 40.5. The van der Waals surface area contributed by atoms with Gasteiger partial charge in [-0.25, -0.2) is 0 Å². The number of Topliss-reactive ketones (excluding diaryl/α,β-unsaturated/α-hetero) is 1. The van der Waals surface area contributed by atoms with Gasteiger partial charge in [0, 0.05) is 29.6 Å². The Kier molecular flexibility index (Phi) is 46.9. The Hall–Kier alpha value is -1.37. The topological polar surface area (TPSA) is 117 Å². The van der Waals surface area contributed by atoms with Crippen LogP contribution >= 0.6 is 7.14 Å². The molecule has 862 valence electrons. The van der Waals surface area contributed by atoms with Gasteiger partial charge in [0.2, 0.25) is 0 Å². The Balaban J connectivity index is 0.000000250. The summed E-state index contributed by atoms with van der Waals surface area (Å²) >= 11 is 0. The van der Waals surface area contributed by atoms with Crippen molar-refractivity contribution in [3.63, 3.8) is 0 Å². The summed E-state index contributed by atoms with van der Waals surface area (Å²) in [6.45, 7) is 105. The molecule has 150 heavy (non-hydrogen) atoms. The summed E-state index contributed by atoms with van der Waals surface area (Å²) in [4.78, 5) is 11.8. The maximum absolute atomic E-state index is 14.6. The molecule has 0 N–H and O–H groups in total. The van der Waals surface area contributed by atoms with E-state index in [1.54, 1.807) is 22.3 Å². The molecule has 11 nitrogen and oxygen atoms in total. The molecule has 9 fully saturated rings. The Labute approximate surface area is 937 Å². The lowest BCUT2D eigenvalue weighted by molar-refractivity contribution is -0.123. The van der Waals surface area contributed by atoms with E-state index in [0.29, 0.717) is 28.2 Å². The van der Waals surface area contributed by atoms with Gasteiger partial charge in [-0.2, -0.15) is 0 Å². The Morgan fingerprint density at radius 1 is 0.307 bits per heavy atom. The minimum absolute atomic E-state index is 0.0254. The van der Waals surface area contributed by atoms with E-state index in [1.165, 1.54) is 179 Å². The van der Waals surface area contributed by atoms with Gasteiger partial charge in [0.1, 0.15) is 12.9 Å². The van der Waals surface area contributed by atoms with E-state index in [0.717, 1.165) is 105 Å². The van der Waals surface area contributed by atoms with Gasteiger partial charge in [-0.15, -0.1) is 0 Å². The zero-order chi connectivity index (χ0) is 113. The van der Waals surface area contributed by atoms with E-state index in [1.807, 2.05) is 60.7 Å². The van der Waals surface area contributed by atoms with Gasteiger partial charge in [0.15, 0.2) is 74.9 Å². The van der Waals surface area contributed by atoms with Gasteiger partial charge in [-0.05, 0) is 442 Å². The maximum Gasteiger partial charge on any atom is 0.192 e. The molecule has 3 spiro atoms. The van der Waals surface area contributed by atoms with Gasteiger partial charge in [-0.1, -0.05) is 282 Å². The van der Waals surface area contributed by atoms with Crippen molar-refractivity contribution in [1.82, 2.24) is 0 Å². The molecule has 0 unspecified atom stereocenters. The van der Waals surface area contributed by atoms with Crippen LogP contribution in [0, 0.1) is 34.0 Å². The highest BCUT2D eigenvalue weighted by molar-refractivity contribution is 7.78. The SMILES string of the molecule is CC(C)(C)[Si](C)(C)O[C@@H]1CC(=CCP(=O)(c2ccccc2)c2ccccc2)C[C@@H](O[Si](C)(C)C(C)(C)C)C1.CC(C)(CCC[C@@H]1CC[C@@]2(CCC/C(=C/C=C3C[C@@H](O[Si](C)(C)C(C)(C)C)C[C@H](O[Si](C)(C)C(C)(C)C)C3)C2)C1)O[Si](C)(C)C.CC(C)(CCC[C@@H]1CC[C@@]2(CCC/C(=C\C=C3C[C@@H](O[Si](C)(C)C(C)(C)C)C[C@H](O[Si](C)(C)C(C)(C)C)C3)C2)C1)O[Si](C)(C)C.CC(C)(CCC[C@@H]1CC[C@@]2(CCCC(=O)C2)C1)O[Si](C)(C)C. The first kappa shape index (κ1) is 134. The van der Waals surface area contributed by atoms with E-state index < -0.39 is 82.0 Å². The van der Waals surface area contributed by atoms with Gasteiger partial charge < -0.3 is 44.4 Å². The Morgan fingerprint density at radius 2 is 0.540 bits per heavy atom. The van der Waals surface area contributed by atoms with Crippen LogP contribution < -0.4 is 10.6 Å². The average molecular weight is 2250 g/mol. The molecule has 21 heteroatoms. The number of carbonyl (C=O) groups excluding carboxylic acids is 1. The molecule has 9 saturated carbocycles. The molecule has 0 saturated heterocycles. The van der Waals surface area contributed by atoms with Crippen molar-refractivity contribution in [3.8, 4) is 0 Å². The number of carbonyl (C=O) groups is 1. The highest BCUT2D eigenvalue weighted by atomic mass is 31.2. The predicted molar refractivity (Wildman–Crippen MR) is 676 cm³/mol. The number of rotatable bonds is 36. The summed E-state index contributed by atoms with van der Waals surface area (Å²) in [6.07, 6.45) is 62.5. The number of hydrogen-bond acceptors (Lipinski definition) is 11. The summed E-state index contributed by atoms with van der Waals surface area (Å²) in [6, 6.07) is 20.0. The molecule has 9 aliphatic carbocycles. The number of benzene rings is 2. The molecule has 0 radical (unpaired) electrons. The first-order chi connectivity index (χ1) is 68.2. The smallest absolute Gasteiger partial charge is 0.192 e. The minimum atomic E-state index is -2.81. The zero-order valence-electron chi connectivity index (χ0n) is 107. The summed E-state index contributed by atoms with van der Waals surface area (Å²) in [5.74, 6) is 3.19. The average Bonchev–Trinajstić information content (AvgIpc) is 1.68. The van der Waals surface area contributed by atoms with Crippen molar-refractivity contribution >= 4 is 98.4 Å². The van der Waals surface area contributed by atoms with Crippen LogP contribution in [0.1, 0.15) is 417 Å². The molecule has 12 atom stereocenters. The van der Waals surface area contributed by atoms with Gasteiger partial charge in [0.25, 0.3) is 0 Å². The zero-order valence-corrected chi connectivity index (χ0v) is 116. The number of allylic oxidation sites excluding steroid dienone is 7. The Bertz CT molecular complexity index is 4420. The fourth-order valence-corrected chi connectivity index (χ4v) is 41.6.